The smallest absolute Gasteiger partial charge is 0.0871 e. The molecule has 1 unspecified atom stereocenters. The number of hydrogen-bond acceptors (Lipinski definition) is 2. The van der Waals surface area contributed by atoms with E-state index in [0.717, 1.165) is 29.1 Å². The van der Waals surface area contributed by atoms with Crippen molar-refractivity contribution in [2.45, 2.75) is 18.8 Å². The quantitative estimate of drug-likeness (QED) is 0.603. The van der Waals surface area contributed by atoms with E-state index in [0.29, 0.717) is 5.92 Å². The molecule has 1 N–H and O–H groups in total. The van der Waals surface area contributed by atoms with Crippen LogP contribution < -0.4 is 0 Å². The first-order valence-corrected chi connectivity index (χ1v) is 6.73. The highest BCUT2D eigenvalue weighted by atomic mass is 35.5. The summed E-state index contributed by atoms with van der Waals surface area (Å²) >= 11 is 6.08. The standard InChI is InChI=1S/C16H14ClNO/c17-12-5-3-4-11(10-12)13-8-9-16(18-19)15-7-2-1-6-14(13)15/h1-7,10,13,19H,8-9H2. The first-order chi connectivity index (χ1) is 9.29. The Morgan fingerprint density at radius 1 is 1.11 bits per heavy atom. The van der Waals surface area contributed by atoms with Crippen molar-refractivity contribution in [2.75, 3.05) is 0 Å². The van der Waals surface area contributed by atoms with Crippen LogP contribution in [0.4, 0.5) is 0 Å². The van der Waals surface area contributed by atoms with E-state index in [-0.39, 0.29) is 0 Å². The average Bonchev–Trinajstić information content (AvgIpc) is 2.46. The number of oxime groups is 1. The van der Waals surface area contributed by atoms with Crippen molar-refractivity contribution < 1.29 is 5.21 Å². The normalized spacial score (nSPS) is 20.3. The largest absolute Gasteiger partial charge is 0.411 e. The topological polar surface area (TPSA) is 32.6 Å². The van der Waals surface area contributed by atoms with Crippen LogP contribution in [-0.2, 0) is 0 Å². The molecule has 3 rings (SSSR count). The molecule has 2 aromatic carbocycles. The summed E-state index contributed by atoms with van der Waals surface area (Å²) < 4.78 is 0. The molecule has 0 saturated heterocycles. The van der Waals surface area contributed by atoms with Gasteiger partial charge in [-0.15, -0.1) is 0 Å². The molecule has 1 aliphatic rings. The van der Waals surface area contributed by atoms with Crippen LogP contribution in [0.1, 0.15) is 35.4 Å². The lowest BCUT2D eigenvalue weighted by atomic mass is 9.78. The molecule has 0 radical (unpaired) electrons. The summed E-state index contributed by atoms with van der Waals surface area (Å²) in [4.78, 5) is 0. The third-order valence-corrected chi connectivity index (χ3v) is 3.92. The van der Waals surface area contributed by atoms with E-state index in [1.807, 2.05) is 36.4 Å². The van der Waals surface area contributed by atoms with Gasteiger partial charge in [0.15, 0.2) is 0 Å². The number of benzene rings is 2. The lowest BCUT2D eigenvalue weighted by molar-refractivity contribution is 0.317. The summed E-state index contributed by atoms with van der Waals surface area (Å²) in [6, 6.07) is 16.1. The Kier molecular flexibility index (Phi) is 3.26. The Balaban J connectivity index is 2.10. The number of fused-ring (bicyclic) bond motifs is 1. The Bertz CT molecular complexity index is 636. The number of hydrogen-bond donors (Lipinski definition) is 1. The summed E-state index contributed by atoms with van der Waals surface area (Å²) in [5.74, 6) is 0.320. The van der Waals surface area contributed by atoms with Gasteiger partial charge in [0.2, 0.25) is 0 Å². The molecule has 96 valence electrons. The molecule has 1 aliphatic carbocycles. The second-order valence-electron chi connectivity index (χ2n) is 4.78. The van der Waals surface area contributed by atoms with Crippen molar-refractivity contribution in [1.82, 2.24) is 0 Å². The highest BCUT2D eigenvalue weighted by Gasteiger charge is 2.25. The minimum absolute atomic E-state index is 0.320. The van der Waals surface area contributed by atoms with Crippen molar-refractivity contribution in [3.05, 3.63) is 70.2 Å². The van der Waals surface area contributed by atoms with Gasteiger partial charge in [0.05, 0.1) is 5.71 Å². The molecule has 0 saturated carbocycles. The van der Waals surface area contributed by atoms with E-state index < -0.39 is 0 Å². The third kappa shape index (κ3) is 2.24. The molecule has 2 aromatic rings. The SMILES string of the molecule is ON=C1CCC(c2cccc(Cl)c2)c2ccccc21. The lowest BCUT2D eigenvalue weighted by Gasteiger charge is -2.26. The highest BCUT2D eigenvalue weighted by molar-refractivity contribution is 6.30. The molecule has 0 heterocycles. The molecular weight excluding hydrogens is 258 g/mol. The van der Waals surface area contributed by atoms with Crippen LogP contribution in [0, 0.1) is 0 Å². The maximum absolute atomic E-state index is 9.11. The first kappa shape index (κ1) is 12.2. The van der Waals surface area contributed by atoms with Gasteiger partial charge in [0.25, 0.3) is 0 Å². The number of rotatable bonds is 1. The number of nitrogens with zero attached hydrogens (tertiary/aromatic N) is 1. The van der Waals surface area contributed by atoms with Crippen molar-refractivity contribution in [1.29, 1.82) is 0 Å². The molecular formula is C16H14ClNO. The van der Waals surface area contributed by atoms with Crippen LogP contribution in [0.15, 0.2) is 53.7 Å². The van der Waals surface area contributed by atoms with Crippen LogP contribution in [0.3, 0.4) is 0 Å². The molecule has 0 aromatic heterocycles. The Morgan fingerprint density at radius 3 is 2.74 bits per heavy atom. The van der Waals surface area contributed by atoms with Gasteiger partial charge in [-0.25, -0.2) is 0 Å². The molecule has 0 spiro atoms. The Hall–Kier alpha value is -1.80. The molecule has 0 bridgehead atoms. The summed E-state index contributed by atoms with van der Waals surface area (Å²) in [5, 5.41) is 13.3. The average molecular weight is 272 g/mol. The predicted molar refractivity (Wildman–Crippen MR) is 77.3 cm³/mol. The lowest BCUT2D eigenvalue weighted by Crippen LogP contribution is -2.17. The third-order valence-electron chi connectivity index (χ3n) is 3.69. The monoisotopic (exact) mass is 271 g/mol. The van der Waals surface area contributed by atoms with Crippen LogP contribution in [0.25, 0.3) is 0 Å². The first-order valence-electron chi connectivity index (χ1n) is 6.35. The van der Waals surface area contributed by atoms with Crippen molar-refractivity contribution in [3.63, 3.8) is 0 Å². The van der Waals surface area contributed by atoms with Gasteiger partial charge < -0.3 is 5.21 Å². The minimum atomic E-state index is 0.320. The van der Waals surface area contributed by atoms with Gasteiger partial charge in [-0.2, -0.15) is 0 Å². The second-order valence-corrected chi connectivity index (χ2v) is 5.22. The fraction of sp³-hybridized carbons (Fsp3) is 0.188. The molecule has 0 amide bonds. The van der Waals surface area contributed by atoms with Crippen LogP contribution in [0.5, 0.6) is 0 Å². The van der Waals surface area contributed by atoms with Crippen molar-refractivity contribution >= 4 is 17.3 Å². The molecule has 2 nitrogen and oxygen atoms in total. The van der Waals surface area contributed by atoms with E-state index in [4.69, 9.17) is 16.8 Å². The summed E-state index contributed by atoms with van der Waals surface area (Å²) in [7, 11) is 0. The van der Waals surface area contributed by atoms with E-state index >= 15 is 0 Å². The fourth-order valence-corrected chi connectivity index (χ4v) is 3.01. The van der Waals surface area contributed by atoms with Crippen LogP contribution >= 0.6 is 11.6 Å². The maximum Gasteiger partial charge on any atom is 0.0871 e. The fourth-order valence-electron chi connectivity index (χ4n) is 2.81. The van der Waals surface area contributed by atoms with E-state index in [1.54, 1.807) is 0 Å². The second kappa shape index (κ2) is 5.06. The van der Waals surface area contributed by atoms with E-state index in [2.05, 4.69) is 17.3 Å². The summed E-state index contributed by atoms with van der Waals surface area (Å²) in [6.45, 7) is 0. The predicted octanol–water partition coefficient (Wildman–Crippen LogP) is 4.44. The van der Waals surface area contributed by atoms with Gasteiger partial charge >= 0.3 is 0 Å². The van der Waals surface area contributed by atoms with Crippen LogP contribution in [0.2, 0.25) is 5.02 Å². The van der Waals surface area contributed by atoms with Crippen LogP contribution in [-0.4, -0.2) is 10.9 Å². The zero-order chi connectivity index (χ0) is 13.2. The van der Waals surface area contributed by atoms with Gasteiger partial charge in [-0.05, 0) is 36.1 Å². The summed E-state index contributed by atoms with van der Waals surface area (Å²) in [6.07, 6.45) is 1.72. The van der Waals surface area contributed by atoms with Crippen molar-refractivity contribution in [2.24, 2.45) is 5.16 Å². The molecule has 3 heteroatoms. The highest BCUT2D eigenvalue weighted by Crippen LogP contribution is 2.37. The maximum atomic E-state index is 9.11. The Labute approximate surface area is 117 Å². The van der Waals surface area contributed by atoms with Gasteiger partial charge in [-0.3, -0.25) is 0 Å². The zero-order valence-electron chi connectivity index (χ0n) is 10.4. The Morgan fingerprint density at radius 2 is 1.95 bits per heavy atom. The number of halogens is 1. The van der Waals surface area contributed by atoms with E-state index in [1.165, 1.54) is 11.1 Å². The molecule has 0 fully saturated rings. The molecule has 0 aliphatic heterocycles. The molecule has 19 heavy (non-hydrogen) atoms. The minimum Gasteiger partial charge on any atom is -0.411 e. The summed E-state index contributed by atoms with van der Waals surface area (Å²) in [5.41, 5.74) is 4.25. The zero-order valence-corrected chi connectivity index (χ0v) is 11.1. The van der Waals surface area contributed by atoms with Crippen molar-refractivity contribution in [3.8, 4) is 0 Å². The van der Waals surface area contributed by atoms with E-state index in [9.17, 15) is 0 Å². The van der Waals surface area contributed by atoms with Gasteiger partial charge in [0, 0.05) is 16.5 Å². The van der Waals surface area contributed by atoms with Gasteiger partial charge in [0.1, 0.15) is 0 Å². The molecule has 1 atom stereocenters. The van der Waals surface area contributed by atoms with Gasteiger partial charge in [-0.1, -0.05) is 53.2 Å².